The number of hydrogen-bond acceptors (Lipinski definition) is 4. The third-order valence-corrected chi connectivity index (χ3v) is 3.11. The summed E-state index contributed by atoms with van der Waals surface area (Å²) in [7, 11) is 0. The van der Waals surface area contributed by atoms with E-state index in [1.54, 1.807) is 18.2 Å². The summed E-state index contributed by atoms with van der Waals surface area (Å²) >= 11 is 0. The summed E-state index contributed by atoms with van der Waals surface area (Å²) in [5.74, 6) is 0.331. The number of aryl methyl sites for hydroxylation is 2. The van der Waals surface area contributed by atoms with E-state index in [4.69, 9.17) is 9.15 Å². The number of rotatable bonds is 6. The monoisotopic (exact) mass is 313 g/mol. The molecule has 0 radical (unpaired) electrons. The van der Waals surface area contributed by atoms with Gasteiger partial charge in [0.05, 0.1) is 0 Å². The average molecular weight is 313 g/mol. The first-order chi connectivity index (χ1) is 11.1. The van der Waals surface area contributed by atoms with Gasteiger partial charge in [-0.15, -0.1) is 0 Å². The first-order valence-electron chi connectivity index (χ1n) is 7.37. The molecular weight excluding hydrogens is 294 g/mol. The number of anilines is 1. The van der Waals surface area contributed by atoms with Crippen molar-refractivity contribution in [3.8, 4) is 0 Å². The predicted molar refractivity (Wildman–Crippen MR) is 87.9 cm³/mol. The molecule has 120 valence electrons. The maximum Gasteiger partial charge on any atom is 0.331 e. The molecule has 0 aliphatic heterocycles. The van der Waals surface area contributed by atoms with Crippen LogP contribution in [-0.2, 0) is 20.7 Å². The van der Waals surface area contributed by atoms with Crippen molar-refractivity contribution in [1.82, 2.24) is 0 Å². The van der Waals surface area contributed by atoms with Crippen LogP contribution in [0.4, 0.5) is 5.69 Å². The van der Waals surface area contributed by atoms with E-state index in [9.17, 15) is 9.59 Å². The van der Waals surface area contributed by atoms with Gasteiger partial charge in [-0.1, -0.05) is 19.1 Å². The third-order valence-electron chi connectivity index (χ3n) is 3.11. The Labute approximate surface area is 134 Å². The fraction of sp³-hybridized carbons (Fsp3) is 0.222. The molecule has 0 saturated heterocycles. The van der Waals surface area contributed by atoms with E-state index >= 15 is 0 Å². The molecule has 0 unspecified atom stereocenters. The second kappa shape index (κ2) is 7.98. The van der Waals surface area contributed by atoms with Gasteiger partial charge in [-0.2, -0.15) is 0 Å². The maximum absolute atomic E-state index is 11.8. The smallest absolute Gasteiger partial charge is 0.331 e. The van der Waals surface area contributed by atoms with Crippen LogP contribution in [0.25, 0.3) is 6.08 Å². The number of hydrogen-bond donors (Lipinski definition) is 1. The highest BCUT2D eigenvalue weighted by Gasteiger charge is 2.06. The number of carbonyl (C=O) groups is 2. The zero-order valence-electron chi connectivity index (χ0n) is 13.2. The lowest BCUT2D eigenvalue weighted by Gasteiger charge is -2.06. The molecule has 0 atom stereocenters. The molecule has 5 heteroatoms. The molecule has 23 heavy (non-hydrogen) atoms. The normalized spacial score (nSPS) is 10.7. The first-order valence-corrected chi connectivity index (χ1v) is 7.37. The van der Waals surface area contributed by atoms with Crippen LogP contribution in [0.15, 0.2) is 46.9 Å². The highest BCUT2D eigenvalue weighted by atomic mass is 16.5. The van der Waals surface area contributed by atoms with Crippen molar-refractivity contribution in [3.63, 3.8) is 0 Å². The molecule has 1 amide bonds. The molecule has 0 bridgehead atoms. The number of furan rings is 1. The molecule has 2 aromatic rings. The molecule has 0 fully saturated rings. The van der Waals surface area contributed by atoms with E-state index < -0.39 is 5.97 Å². The van der Waals surface area contributed by atoms with Crippen LogP contribution in [0.2, 0.25) is 0 Å². The molecule has 0 aliphatic rings. The molecule has 0 saturated carbocycles. The fourth-order valence-corrected chi connectivity index (χ4v) is 1.94. The number of amides is 1. The van der Waals surface area contributed by atoms with Gasteiger partial charge in [0.15, 0.2) is 6.61 Å². The average Bonchev–Trinajstić information content (AvgIpc) is 2.96. The van der Waals surface area contributed by atoms with Gasteiger partial charge >= 0.3 is 5.97 Å². The van der Waals surface area contributed by atoms with Crippen molar-refractivity contribution in [2.45, 2.75) is 20.3 Å². The highest BCUT2D eigenvalue weighted by molar-refractivity contribution is 5.94. The summed E-state index contributed by atoms with van der Waals surface area (Å²) in [5.41, 5.74) is 1.81. The number of nitrogens with one attached hydrogen (secondary N) is 1. The Kier molecular flexibility index (Phi) is 5.74. The van der Waals surface area contributed by atoms with E-state index in [0.29, 0.717) is 11.4 Å². The summed E-state index contributed by atoms with van der Waals surface area (Å²) in [6.45, 7) is 3.51. The van der Waals surface area contributed by atoms with Crippen LogP contribution >= 0.6 is 0 Å². The molecular formula is C18H19NO4. The van der Waals surface area contributed by atoms with Crippen LogP contribution in [0.1, 0.15) is 24.0 Å². The van der Waals surface area contributed by atoms with Crippen LogP contribution in [-0.4, -0.2) is 18.5 Å². The predicted octanol–water partition coefficient (Wildman–Crippen LogP) is 3.35. The quantitative estimate of drug-likeness (QED) is 0.656. The van der Waals surface area contributed by atoms with Crippen LogP contribution in [0, 0.1) is 6.92 Å². The number of carbonyl (C=O) groups excluding carboxylic acids is 2. The Balaban J connectivity index is 1.79. The van der Waals surface area contributed by atoms with Crippen molar-refractivity contribution < 1.29 is 18.7 Å². The number of ether oxygens (including phenoxy) is 1. The summed E-state index contributed by atoms with van der Waals surface area (Å²) in [4.78, 5) is 23.3. The molecule has 5 nitrogen and oxygen atoms in total. The summed E-state index contributed by atoms with van der Waals surface area (Å²) in [5, 5.41) is 2.69. The SMILES string of the molecule is CCc1cccc(NC(=O)COC(=O)/C=C/c2ccc(C)o2)c1. The lowest BCUT2D eigenvalue weighted by atomic mass is 10.1. The van der Waals surface area contributed by atoms with Crippen molar-refractivity contribution in [1.29, 1.82) is 0 Å². The van der Waals surface area contributed by atoms with Gasteiger partial charge in [0.1, 0.15) is 11.5 Å². The first kappa shape index (κ1) is 16.5. The lowest BCUT2D eigenvalue weighted by Crippen LogP contribution is -2.20. The van der Waals surface area contributed by atoms with Gasteiger partial charge in [0.2, 0.25) is 0 Å². The summed E-state index contributed by atoms with van der Waals surface area (Å²) in [6, 6.07) is 11.1. The van der Waals surface area contributed by atoms with Crippen molar-refractivity contribution >= 4 is 23.6 Å². The van der Waals surface area contributed by atoms with Crippen LogP contribution in [0.3, 0.4) is 0 Å². The Hall–Kier alpha value is -2.82. The molecule has 1 N–H and O–H groups in total. The zero-order chi connectivity index (χ0) is 16.7. The van der Waals surface area contributed by atoms with E-state index in [1.807, 2.05) is 32.0 Å². The van der Waals surface area contributed by atoms with Gasteiger partial charge < -0.3 is 14.5 Å². The molecule has 1 heterocycles. The van der Waals surface area contributed by atoms with Crippen molar-refractivity contribution in [3.05, 3.63) is 59.6 Å². The van der Waals surface area contributed by atoms with Gasteiger partial charge in [0, 0.05) is 11.8 Å². The molecule has 0 spiro atoms. The minimum absolute atomic E-state index is 0.337. The second-order valence-electron chi connectivity index (χ2n) is 4.99. The minimum atomic E-state index is -0.600. The Morgan fingerprint density at radius 2 is 2.09 bits per heavy atom. The number of esters is 1. The third kappa shape index (κ3) is 5.47. The Bertz CT molecular complexity index is 715. The van der Waals surface area contributed by atoms with Crippen molar-refractivity contribution in [2.24, 2.45) is 0 Å². The van der Waals surface area contributed by atoms with Gasteiger partial charge in [-0.3, -0.25) is 4.79 Å². The number of benzene rings is 1. The molecule has 2 rings (SSSR count). The van der Waals surface area contributed by atoms with Gasteiger partial charge in [-0.25, -0.2) is 4.79 Å². The minimum Gasteiger partial charge on any atom is -0.462 e. The van der Waals surface area contributed by atoms with E-state index in [0.717, 1.165) is 17.7 Å². The molecule has 1 aromatic carbocycles. The summed E-state index contributed by atoms with van der Waals surface area (Å²) in [6.07, 6.45) is 3.61. The zero-order valence-corrected chi connectivity index (χ0v) is 13.2. The largest absolute Gasteiger partial charge is 0.462 e. The summed E-state index contributed by atoms with van der Waals surface area (Å²) < 4.78 is 10.2. The van der Waals surface area contributed by atoms with Gasteiger partial charge in [0.25, 0.3) is 5.91 Å². The van der Waals surface area contributed by atoms with E-state index in [1.165, 1.54) is 12.2 Å². The van der Waals surface area contributed by atoms with E-state index in [-0.39, 0.29) is 12.5 Å². The fourth-order valence-electron chi connectivity index (χ4n) is 1.94. The van der Waals surface area contributed by atoms with E-state index in [2.05, 4.69) is 5.32 Å². The van der Waals surface area contributed by atoms with Crippen LogP contribution < -0.4 is 5.32 Å². The second-order valence-corrected chi connectivity index (χ2v) is 4.99. The highest BCUT2D eigenvalue weighted by Crippen LogP contribution is 2.11. The lowest BCUT2D eigenvalue weighted by molar-refractivity contribution is -0.142. The van der Waals surface area contributed by atoms with Crippen LogP contribution in [0.5, 0.6) is 0 Å². The Morgan fingerprint density at radius 1 is 1.26 bits per heavy atom. The van der Waals surface area contributed by atoms with Gasteiger partial charge in [-0.05, 0) is 49.2 Å². The standard InChI is InChI=1S/C18H19NO4/c1-3-14-5-4-6-15(11-14)19-17(20)12-22-18(21)10-9-16-8-7-13(2)23-16/h4-11H,3,12H2,1-2H3,(H,19,20)/b10-9+. The van der Waals surface area contributed by atoms with Crippen molar-refractivity contribution in [2.75, 3.05) is 11.9 Å². The topological polar surface area (TPSA) is 68.5 Å². The molecule has 0 aliphatic carbocycles. The maximum atomic E-state index is 11.8. The Morgan fingerprint density at radius 3 is 2.78 bits per heavy atom. The molecule has 1 aromatic heterocycles.